The molecule has 2 aromatic rings. The first-order chi connectivity index (χ1) is 9.78. The SMILES string of the molecule is O=C(Cc1c[nH]c2ccccc12)N1CCC(CCl)CC1. The van der Waals surface area contributed by atoms with Crippen LogP contribution in [-0.2, 0) is 11.2 Å². The topological polar surface area (TPSA) is 36.1 Å². The van der Waals surface area contributed by atoms with Gasteiger partial charge in [0.25, 0.3) is 0 Å². The van der Waals surface area contributed by atoms with Gasteiger partial charge in [-0.2, -0.15) is 0 Å². The van der Waals surface area contributed by atoms with Gasteiger partial charge in [0.05, 0.1) is 6.42 Å². The molecule has 1 aliphatic heterocycles. The maximum atomic E-state index is 12.4. The fourth-order valence-electron chi connectivity index (χ4n) is 2.89. The van der Waals surface area contributed by atoms with E-state index in [0.29, 0.717) is 18.2 Å². The first-order valence-corrected chi connectivity index (χ1v) is 7.70. The van der Waals surface area contributed by atoms with Crippen molar-refractivity contribution in [2.24, 2.45) is 5.92 Å². The first kappa shape index (κ1) is 13.5. The highest BCUT2D eigenvalue weighted by molar-refractivity contribution is 6.18. The quantitative estimate of drug-likeness (QED) is 0.866. The van der Waals surface area contributed by atoms with E-state index in [-0.39, 0.29) is 5.91 Å². The van der Waals surface area contributed by atoms with E-state index in [4.69, 9.17) is 11.6 Å². The molecule has 106 valence electrons. The summed E-state index contributed by atoms with van der Waals surface area (Å²) in [6, 6.07) is 8.11. The normalized spacial score (nSPS) is 16.8. The van der Waals surface area contributed by atoms with Gasteiger partial charge in [-0.25, -0.2) is 0 Å². The second kappa shape index (κ2) is 5.88. The molecule has 4 heteroatoms. The largest absolute Gasteiger partial charge is 0.361 e. The molecule has 0 unspecified atom stereocenters. The van der Waals surface area contributed by atoms with E-state index in [0.717, 1.165) is 42.4 Å². The minimum Gasteiger partial charge on any atom is -0.361 e. The minimum atomic E-state index is 0.225. The predicted molar refractivity (Wildman–Crippen MR) is 82.0 cm³/mol. The average Bonchev–Trinajstić information content (AvgIpc) is 2.91. The number of benzene rings is 1. The molecule has 0 saturated carbocycles. The van der Waals surface area contributed by atoms with Crippen LogP contribution in [0, 0.1) is 5.92 Å². The minimum absolute atomic E-state index is 0.225. The molecular formula is C16H19ClN2O. The summed E-state index contributed by atoms with van der Waals surface area (Å²) in [5.41, 5.74) is 2.18. The fraction of sp³-hybridized carbons (Fsp3) is 0.438. The lowest BCUT2D eigenvalue weighted by Gasteiger charge is -2.31. The molecule has 0 atom stereocenters. The monoisotopic (exact) mass is 290 g/mol. The molecule has 3 rings (SSSR count). The van der Waals surface area contributed by atoms with E-state index >= 15 is 0 Å². The van der Waals surface area contributed by atoms with Crippen molar-refractivity contribution in [3.63, 3.8) is 0 Å². The number of fused-ring (bicyclic) bond motifs is 1. The number of carbonyl (C=O) groups excluding carboxylic acids is 1. The van der Waals surface area contributed by atoms with Gasteiger partial charge in [0.15, 0.2) is 0 Å². The Hall–Kier alpha value is -1.48. The van der Waals surface area contributed by atoms with E-state index in [1.807, 2.05) is 29.3 Å². The molecule has 1 aromatic carbocycles. The third-order valence-electron chi connectivity index (χ3n) is 4.20. The Morgan fingerprint density at radius 1 is 1.30 bits per heavy atom. The number of alkyl halides is 1. The maximum absolute atomic E-state index is 12.4. The molecule has 0 spiro atoms. The molecule has 1 N–H and O–H groups in total. The molecule has 1 aromatic heterocycles. The highest BCUT2D eigenvalue weighted by Crippen LogP contribution is 2.21. The van der Waals surface area contributed by atoms with Crippen LogP contribution < -0.4 is 0 Å². The van der Waals surface area contributed by atoms with Crippen molar-refractivity contribution in [2.45, 2.75) is 19.3 Å². The van der Waals surface area contributed by atoms with Gasteiger partial charge in [0.1, 0.15) is 0 Å². The maximum Gasteiger partial charge on any atom is 0.227 e. The number of hydrogen-bond donors (Lipinski definition) is 1. The Morgan fingerprint density at radius 3 is 2.80 bits per heavy atom. The fourth-order valence-corrected chi connectivity index (χ4v) is 3.20. The summed E-state index contributed by atoms with van der Waals surface area (Å²) in [5, 5.41) is 1.15. The molecule has 20 heavy (non-hydrogen) atoms. The number of H-pyrrole nitrogens is 1. The smallest absolute Gasteiger partial charge is 0.227 e. The Bertz CT molecular complexity index is 599. The Labute approximate surface area is 123 Å². The van der Waals surface area contributed by atoms with Crippen LogP contribution in [0.4, 0.5) is 0 Å². The van der Waals surface area contributed by atoms with Gasteiger partial charge in [0.2, 0.25) is 5.91 Å². The number of nitrogens with zero attached hydrogens (tertiary/aromatic N) is 1. The molecule has 1 fully saturated rings. The van der Waals surface area contributed by atoms with Gasteiger partial charge in [0, 0.05) is 36.1 Å². The van der Waals surface area contributed by atoms with Crippen LogP contribution >= 0.6 is 11.6 Å². The molecule has 1 aliphatic rings. The van der Waals surface area contributed by atoms with E-state index in [1.54, 1.807) is 0 Å². The van der Waals surface area contributed by atoms with Crippen molar-refractivity contribution >= 4 is 28.4 Å². The zero-order valence-electron chi connectivity index (χ0n) is 11.4. The van der Waals surface area contributed by atoms with Gasteiger partial charge >= 0.3 is 0 Å². The van der Waals surface area contributed by atoms with Gasteiger partial charge in [-0.05, 0) is 30.4 Å². The standard InChI is InChI=1S/C16H19ClN2O/c17-10-12-5-7-19(8-6-12)16(20)9-13-11-18-15-4-2-1-3-14(13)15/h1-4,11-12,18H,5-10H2. The number of piperidine rings is 1. The van der Waals surface area contributed by atoms with Crippen LogP contribution in [0.25, 0.3) is 10.9 Å². The van der Waals surface area contributed by atoms with E-state index in [9.17, 15) is 4.79 Å². The highest BCUT2D eigenvalue weighted by Gasteiger charge is 2.22. The van der Waals surface area contributed by atoms with Gasteiger partial charge in [-0.15, -0.1) is 11.6 Å². The lowest BCUT2D eigenvalue weighted by atomic mass is 9.98. The van der Waals surface area contributed by atoms with Crippen molar-refractivity contribution in [1.29, 1.82) is 0 Å². The van der Waals surface area contributed by atoms with Gasteiger partial charge < -0.3 is 9.88 Å². The molecular weight excluding hydrogens is 272 g/mol. The van der Waals surface area contributed by atoms with E-state index in [1.165, 1.54) is 0 Å². The Morgan fingerprint density at radius 2 is 2.05 bits per heavy atom. The van der Waals surface area contributed by atoms with Crippen LogP contribution in [0.1, 0.15) is 18.4 Å². The van der Waals surface area contributed by atoms with Crippen LogP contribution in [-0.4, -0.2) is 34.8 Å². The summed E-state index contributed by atoms with van der Waals surface area (Å²) in [7, 11) is 0. The summed E-state index contributed by atoms with van der Waals surface area (Å²) in [6.45, 7) is 1.69. The predicted octanol–water partition coefficient (Wildman–Crippen LogP) is 3.19. The number of aromatic amines is 1. The lowest BCUT2D eigenvalue weighted by Crippen LogP contribution is -2.39. The number of hydrogen-bond acceptors (Lipinski definition) is 1. The van der Waals surface area contributed by atoms with Crippen molar-refractivity contribution in [2.75, 3.05) is 19.0 Å². The molecule has 0 bridgehead atoms. The zero-order chi connectivity index (χ0) is 13.9. The van der Waals surface area contributed by atoms with Crippen molar-refractivity contribution in [3.8, 4) is 0 Å². The molecule has 3 nitrogen and oxygen atoms in total. The molecule has 2 heterocycles. The van der Waals surface area contributed by atoms with Crippen molar-refractivity contribution in [1.82, 2.24) is 9.88 Å². The lowest BCUT2D eigenvalue weighted by molar-refractivity contribution is -0.131. The van der Waals surface area contributed by atoms with E-state index < -0.39 is 0 Å². The summed E-state index contributed by atoms with van der Waals surface area (Å²) < 4.78 is 0. The van der Waals surface area contributed by atoms with Crippen molar-refractivity contribution < 1.29 is 4.79 Å². The average molecular weight is 291 g/mol. The second-order valence-electron chi connectivity index (χ2n) is 5.51. The van der Waals surface area contributed by atoms with Crippen LogP contribution in [0.2, 0.25) is 0 Å². The molecule has 0 radical (unpaired) electrons. The molecule has 1 saturated heterocycles. The number of likely N-dealkylation sites (tertiary alicyclic amines) is 1. The van der Waals surface area contributed by atoms with Crippen molar-refractivity contribution in [3.05, 3.63) is 36.0 Å². The summed E-state index contributed by atoms with van der Waals surface area (Å²) in [4.78, 5) is 17.6. The number of halogens is 1. The number of carbonyl (C=O) groups is 1. The summed E-state index contributed by atoms with van der Waals surface area (Å²) >= 11 is 5.88. The van der Waals surface area contributed by atoms with Crippen LogP contribution in [0.5, 0.6) is 0 Å². The molecule has 0 aliphatic carbocycles. The number of aromatic nitrogens is 1. The first-order valence-electron chi connectivity index (χ1n) is 7.16. The number of amides is 1. The van der Waals surface area contributed by atoms with Gasteiger partial charge in [-0.1, -0.05) is 18.2 Å². The van der Waals surface area contributed by atoms with Crippen LogP contribution in [0.15, 0.2) is 30.5 Å². The Balaban J connectivity index is 1.67. The third kappa shape index (κ3) is 2.68. The number of para-hydroxylation sites is 1. The third-order valence-corrected chi connectivity index (χ3v) is 4.64. The van der Waals surface area contributed by atoms with Gasteiger partial charge in [-0.3, -0.25) is 4.79 Å². The number of nitrogens with one attached hydrogen (secondary N) is 1. The Kier molecular flexibility index (Phi) is 3.97. The van der Waals surface area contributed by atoms with Crippen LogP contribution in [0.3, 0.4) is 0 Å². The summed E-state index contributed by atoms with van der Waals surface area (Å²) in [5.74, 6) is 1.52. The highest BCUT2D eigenvalue weighted by atomic mass is 35.5. The van der Waals surface area contributed by atoms with E-state index in [2.05, 4.69) is 11.1 Å². The molecule has 1 amide bonds. The number of rotatable bonds is 3. The zero-order valence-corrected chi connectivity index (χ0v) is 12.2. The summed E-state index contributed by atoms with van der Waals surface area (Å²) in [6.07, 6.45) is 4.50. The second-order valence-corrected chi connectivity index (χ2v) is 5.82.